The van der Waals surface area contributed by atoms with Crippen molar-refractivity contribution in [2.75, 3.05) is 0 Å². The van der Waals surface area contributed by atoms with Crippen LogP contribution in [0.3, 0.4) is 0 Å². The van der Waals surface area contributed by atoms with Gasteiger partial charge in [-0.2, -0.15) is 5.10 Å². The molecule has 1 fully saturated rings. The highest BCUT2D eigenvalue weighted by molar-refractivity contribution is 6.35. The van der Waals surface area contributed by atoms with Gasteiger partial charge in [-0.25, -0.2) is 5.43 Å². The van der Waals surface area contributed by atoms with Gasteiger partial charge in [0, 0.05) is 10.7 Å². The third-order valence-corrected chi connectivity index (χ3v) is 3.60. The average molecular weight is 315 g/mol. The predicted molar refractivity (Wildman–Crippen MR) is 80.6 cm³/mol. The Morgan fingerprint density at radius 1 is 1.35 bits per heavy atom. The van der Waals surface area contributed by atoms with Gasteiger partial charge in [0.05, 0.1) is 5.02 Å². The fraction of sp³-hybridized carbons (Fsp3) is 0.429. The molecule has 0 aliphatic heterocycles. The van der Waals surface area contributed by atoms with Gasteiger partial charge >= 0.3 is 0 Å². The van der Waals surface area contributed by atoms with Crippen molar-refractivity contribution >= 4 is 34.8 Å². The molecule has 20 heavy (non-hydrogen) atoms. The zero-order valence-corrected chi connectivity index (χ0v) is 12.7. The Balaban J connectivity index is 1.91. The van der Waals surface area contributed by atoms with Crippen LogP contribution in [0.1, 0.15) is 32.6 Å². The standard InChI is InChI=1S/C14H16Cl2N2O2/c1-9(14(19)18-17-11-4-2-3-5-11)20-13-7-6-10(15)8-12(13)16/h6-9H,2-5H2,1H3,(H,18,19). The molecule has 0 bridgehead atoms. The number of benzene rings is 1. The zero-order chi connectivity index (χ0) is 14.5. The Hall–Kier alpha value is -1.26. The Labute approximate surface area is 128 Å². The molecule has 1 aliphatic carbocycles. The number of nitrogens with one attached hydrogen (secondary N) is 1. The van der Waals surface area contributed by atoms with Gasteiger partial charge in [-0.05, 0) is 50.8 Å². The normalized spacial score (nSPS) is 15.8. The second-order valence-electron chi connectivity index (χ2n) is 4.70. The monoisotopic (exact) mass is 314 g/mol. The van der Waals surface area contributed by atoms with Crippen molar-refractivity contribution in [3.05, 3.63) is 28.2 Å². The summed E-state index contributed by atoms with van der Waals surface area (Å²) in [6.45, 7) is 1.65. The highest BCUT2D eigenvalue weighted by atomic mass is 35.5. The first-order valence-corrected chi connectivity index (χ1v) is 7.29. The SMILES string of the molecule is CC(Oc1ccc(Cl)cc1Cl)C(=O)NN=C1CCCC1. The van der Waals surface area contributed by atoms with Gasteiger partial charge in [0.15, 0.2) is 6.10 Å². The summed E-state index contributed by atoms with van der Waals surface area (Å²) in [5, 5.41) is 5.00. The lowest BCUT2D eigenvalue weighted by Crippen LogP contribution is -2.33. The number of nitrogens with zero attached hydrogens (tertiary/aromatic N) is 1. The maximum atomic E-state index is 11.9. The Kier molecular flexibility index (Phi) is 5.26. The molecule has 0 heterocycles. The molecule has 0 spiro atoms. The van der Waals surface area contributed by atoms with Crippen molar-refractivity contribution in [1.29, 1.82) is 0 Å². The van der Waals surface area contributed by atoms with Gasteiger partial charge in [-0.1, -0.05) is 23.2 Å². The van der Waals surface area contributed by atoms with Crippen molar-refractivity contribution in [3.63, 3.8) is 0 Å². The van der Waals surface area contributed by atoms with E-state index in [1.165, 1.54) is 0 Å². The molecule has 108 valence electrons. The van der Waals surface area contributed by atoms with Crippen LogP contribution in [0.5, 0.6) is 5.75 Å². The third kappa shape index (κ3) is 4.12. The molecule has 0 saturated heterocycles. The molecule has 1 N–H and O–H groups in total. The van der Waals surface area contributed by atoms with Crippen LogP contribution in [-0.2, 0) is 4.79 Å². The number of halogens is 2. The quantitative estimate of drug-likeness (QED) is 0.859. The first-order valence-electron chi connectivity index (χ1n) is 6.53. The molecular formula is C14H16Cl2N2O2. The molecule has 1 amide bonds. The first-order chi connectivity index (χ1) is 9.56. The summed E-state index contributed by atoms with van der Waals surface area (Å²) in [5.74, 6) is 0.127. The molecule has 1 aromatic carbocycles. The summed E-state index contributed by atoms with van der Waals surface area (Å²) < 4.78 is 5.51. The molecule has 1 unspecified atom stereocenters. The summed E-state index contributed by atoms with van der Waals surface area (Å²) >= 11 is 11.8. The molecule has 4 nitrogen and oxygen atoms in total. The van der Waals surface area contributed by atoms with Crippen LogP contribution in [0.25, 0.3) is 0 Å². The van der Waals surface area contributed by atoms with Crippen LogP contribution in [0.15, 0.2) is 23.3 Å². The molecule has 1 saturated carbocycles. The molecule has 0 aromatic heterocycles. The van der Waals surface area contributed by atoms with Gasteiger partial charge < -0.3 is 4.74 Å². The largest absolute Gasteiger partial charge is 0.479 e. The number of ether oxygens (including phenoxy) is 1. The fourth-order valence-corrected chi connectivity index (χ4v) is 2.39. The third-order valence-electron chi connectivity index (χ3n) is 3.07. The Morgan fingerprint density at radius 2 is 2.05 bits per heavy atom. The maximum absolute atomic E-state index is 11.9. The van der Waals surface area contributed by atoms with Gasteiger partial charge in [0.2, 0.25) is 0 Å². The number of rotatable bonds is 4. The van der Waals surface area contributed by atoms with Crippen LogP contribution < -0.4 is 10.2 Å². The second kappa shape index (κ2) is 6.95. The van der Waals surface area contributed by atoms with Crippen molar-refractivity contribution in [1.82, 2.24) is 5.43 Å². The van der Waals surface area contributed by atoms with Crippen LogP contribution in [0.2, 0.25) is 10.0 Å². The molecule has 6 heteroatoms. The molecule has 1 aliphatic rings. The topological polar surface area (TPSA) is 50.7 Å². The number of hydrazone groups is 1. The van der Waals surface area contributed by atoms with E-state index in [4.69, 9.17) is 27.9 Å². The van der Waals surface area contributed by atoms with E-state index in [2.05, 4.69) is 10.5 Å². The zero-order valence-electron chi connectivity index (χ0n) is 11.2. The minimum atomic E-state index is -0.681. The highest BCUT2D eigenvalue weighted by Crippen LogP contribution is 2.28. The van der Waals surface area contributed by atoms with Gasteiger partial charge in [-0.3, -0.25) is 4.79 Å². The van der Waals surface area contributed by atoms with E-state index >= 15 is 0 Å². The van der Waals surface area contributed by atoms with E-state index in [1.807, 2.05) is 0 Å². The summed E-state index contributed by atoms with van der Waals surface area (Å²) in [6.07, 6.45) is 3.51. The van der Waals surface area contributed by atoms with E-state index in [0.29, 0.717) is 15.8 Å². The number of carbonyl (C=O) groups excluding carboxylic acids is 1. The van der Waals surface area contributed by atoms with Crippen LogP contribution in [0.4, 0.5) is 0 Å². The summed E-state index contributed by atoms with van der Waals surface area (Å²) in [6, 6.07) is 4.87. The number of hydrogen-bond donors (Lipinski definition) is 1. The first kappa shape index (κ1) is 15.1. The van der Waals surface area contributed by atoms with Crippen molar-refractivity contribution < 1.29 is 9.53 Å². The maximum Gasteiger partial charge on any atom is 0.280 e. The smallest absolute Gasteiger partial charge is 0.280 e. The lowest BCUT2D eigenvalue weighted by Gasteiger charge is -2.14. The molecule has 2 rings (SSSR count). The van der Waals surface area contributed by atoms with Crippen molar-refractivity contribution in [2.45, 2.75) is 38.7 Å². The van der Waals surface area contributed by atoms with E-state index in [1.54, 1.807) is 25.1 Å². The van der Waals surface area contributed by atoms with Crippen LogP contribution >= 0.6 is 23.2 Å². The van der Waals surface area contributed by atoms with E-state index in [9.17, 15) is 4.79 Å². The van der Waals surface area contributed by atoms with Crippen LogP contribution in [-0.4, -0.2) is 17.7 Å². The van der Waals surface area contributed by atoms with E-state index in [0.717, 1.165) is 31.4 Å². The average Bonchev–Trinajstić information content (AvgIpc) is 2.92. The minimum absolute atomic E-state index is 0.296. The van der Waals surface area contributed by atoms with Crippen molar-refractivity contribution in [2.24, 2.45) is 5.10 Å². The summed E-state index contributed by atoms with van der Waals surface area (Å²) in [7, 11) is 0. The lowest BCUT2D eigenvalue weighted by molar-refractivity contribution is -0.127. The fourth-order valence-electron chi connectivity index (χ4n) is 1.93. The van der Waals surface area contributed by atoms with E-state index < -0.39 is 6.10 Å². The summed E-state index contributed by atoms with van der Waals surface area (Å²) in [5.41, 5.74) is 3.57. The number of hydrogen-bond acceptors (Lipinski definition) is 3. The molecule has 1 atom stereocenters. The second-order valence-corrected chi connectivity index (χ2v) is 5.54. The Bertz CT molecular complexity index is 524. The van der Waals surface area contributed by atoms with Gasteiger partial charge in [0.1, 0.15) is 5.75 Å². The highest BCUT2D eigenvalue weighted by Gasteiger charge is 2.16. The van der Waals surface area contributed by atoms with E-state index in [-0.39, 0.29) is 5.91 Å². The van der Waals surface area contributed by atoms with Crippen LogP contribution in [0, 0.1) is 0 Å². The molecule has 1 aromatic rings. The number of carbonyl (C=O) groups is 1. The minimum Gasteiger partial charge on any atom is -0.479 e. The molecule has 0 radical (unpaired) electrons. The Morgan fingerprint density at radius 3 is 2.70 bits per heavy atom. The van der Waals surface area contributed by atoms with Crippen molar-refractivity contribution in [3.8, 4) is 5.75 Å². The summed E-state index contributed by atoms with van der Waals surface area (Å²) in [4.78, 5) is 11.9. The predicted octanol–water partition coefficient (Wildman–Crippen LogP) is 3.81. The number of amides is 1. The van der Waals surface area contributed by atoms with Gasteiger partial charge in [-0.15, -0.1) is 0 Å². The lowest BCUT2D eigenvalue weighted by atomic mass is 10.3. The van der Waals surface area contributed by atoms with Gasteiger partial charge in [0.25, 0.3) is 5.91 Å². The molecular weight excluding hydrogens is 299 g/mol.